The Hall–Kier alpha value is -3.32. The Labute approximate surface area is 170 Å². The molecule has 0 bridgehead atoms. The van der Waals surface area contributed by atoms with Gasteiger partial charge >= 0.3 is 0 Å². The average molecular weight is 415 g/mol. The van der Waals surface area contributed by atoms with Gasteiger partial charge in [-0.2, -0.15) is 0 Å². The van der Waals surface area contributed by atoms with Crippen molar-refractivity contribution in [2.75, 3.05) is 18.5 Å². The van der Waals surface area contributed by atoms with Gasteiger partial charge in [0.2, 0.25) is 0 Å². The number of rotatable bonds is 4. The van der Waals surface area contributed by atoms with Gasteiger partial charge in [-0.1, -0.05) is 17.7 Å². The quantitative estimate of drug-likeness (QED) is 0.706. The van der Waals surface area contributed by atoms with E-state index in [2.05, 4.69) is 5.32 Å². The number of anilines is 1. The van der Waals surface area contributed by atoms with Crippen LogP contribution in [0.25, 0.3) is 0 Å². The number of ether oxygens (including phenoxy) is 2. The first-order valence-corrected chi connectivity index (χ1v) is 9.24. The number of pyridine rings is 1. The fraction of sp³-hybridized carbons (Fsp3) is 0.143. The summed E-state index contributed by atoms with van der Waals surface area (Å²) in [5.41, 5.74) is 0.0172. The lowest BCUT2D eigenvalue weighted by atomic mass is 10.2. The van der Waals surface area contributed by atoms with Gasteiger partial charge < -0.3 is 19.4 Å². The van der Waals surface area contributed by atoms with E-state index in [1.165, 1.54) is 29.0 Å². The minimum Gasteiger partial charge on any atom is -0.486 e. The monoisotopic (exact) mass is 414 g/mol. The van der Waals surface area contributed by atoms with Crippen LogP contribution in [0.4, 0.5) is 10.1 Å². The van der Waals surface area contributed by atoms with Gasteiger partial charge in [0.1, 0.15) is 24.6 Å². The van der Waals surface area contributed by atoms with Gasteiger partial charge in [0, 0.05) is 28.5 Å². The number of amides is 1. The Kier molecular flexibility index (Phi) is 5.22. The molecule has 2 aromatic carbocycles. The second-order valence-electron chi connectivity index (χ2n) is 6.37. The van der Waals surface area contributed by atoms with Crippen molar-refractivity contribution in [1.82, 2.24) is 4.57 Å². The minimum atomic E-state index is -0.583. The van der Waals surface area contributed by atoms with Crippen LogP contribution in [-0.2, 0) is 6.54 Å². The number of halogens is 2. The van der Waals surface area contributed by atoms with E-state index in [-0.39, 0.29) is 22.7 Å². The molecule has 0 aliphatic carbocycles. The summed E-state index contributed by atoms with van der Waals surface area (Å²) >= 11 is 6.04. The fourth-order valence-electron chi connectivity index (χ4n) is 3.01. The Morgan fingerprint density at radius 1 is 1.10 bits per heavy atom. The highest BCUT2D eigenvalue weighted by Crippen LogP contribution is 2.32. The summed E-state index contributed by atoms with van der Waals surface area (Å²) < 4.78 is 26.2. The van der Waals surface area contributed by atoms with Crippen molar-refractivity contribution in [3.8, 4) is 11.5 Å². The second kappa shape index (κ2) is 7.97. The third-order valence-electron chi connectivity index (χ3n) is 4.45. The molecule has 6 nitrogen and oxygen atoms in total. The molecule has 0 spiro atoms. The van der Waals surface area contributed by atoms with Crippen LogP contribution in [0.5, 0.6) is 11.5 Å². The number of carbonyl (C=O) groups excluding carboxylic acids is 1. The SMILES string of the molecule is O=C(Nc1ccc2c(c1)OCCO2)c1cccn(Cc2c(F)cccc2Cl)c1=O. The minimum absolute atomic E-state index is 0.0742. The third-order valence-corrected chi connectivity index (χ3v) is 4.81. The van der Waals surface area contributed by atoms with E-state index >= 15 is 0 Å². The van der Waals surface area contributed by atoms with E-state index in [9.17, 15) is 14.0 Å². The Morgan fingerprint density at radius 2 is 1.90 bits per heavy atom. The lowest BCUT2D eigenvalue weighted by molar-refractivity contribution is 0.102. The van der Waals surface area contributed by atoms with E-state index in [1.807, 2.05) is 0 Å². The van der Waals surface area contributed by atoms with Gasteiger partial charge in [-0.15, -0.1) is 0 Å². The van der Waals surface area contributed by atoms with Gasteiger partial charge in [0.05, 0.1) is 6.54 Å². The van der Waals surface area contributed by atoms with Crippen LogP contribution in [0, 0.1) is 5.82 Å². The van der Waals surface area contributed by atoms with Crippen LogP contribution in [0.3, 0.4) is 0 Å². The van der Waals surface area contributed by atoms with Crippen molar-refractivity contribution in [1.29, 1.82) is 0 Å². The molecule has 0 saturated carbocycles. The van der Waals surface area contributed by atoms with Crippen LogP contribution in [0.1, 0.15) is 15.9 Å². The van der Waals surface area contributed by atoms with Crippen molar-refractivity contribution < 1.29 is 18.7 Å². The number of nitrogens with one attached hydrogen (secondary N) is 1. The first kappa shape index (κ1) is 19.0. The highest BCUT2D eigenvalue weighted by molar-refractivity contribution is 6.31. The topological polar surface area (TPSA) is 69.6 Å². The maximum Gasteiger partial charge on any atom is 0.263 e. The van der Waals surface area contributed by atoms with Crippen molar-refractivity contribution >= 4 is 23.2 Å². The lowest BCUT2D eigenvalue weighted by Gasteiger charge is -2.19. The molecular formula is C21H16ClFN2O4. The Bertz CT molecular complexity index is 1130. The highest BCUT2D eigenvalue weighted by Gasteiger charge is 2.17. The number of fused-ring (bicyclic) bond motifs is 1. The molecule has 29 heavy (non-hydrogen) atoms. The van der Waals surface area contributed by atoms with Crippen molar-refractivity contribution in [2.24, 2.45) is 0 Å². The second-order valence-corrected chi connectivity index (χ2v) is 6.77. The fourth-order valence-corrected chi connectivity index (χ4v) is 3.23. The molecular weight excluding hydrogens is 399 g/mol. The number of nitrogens with zero attached hydrogens (tertiary/aromatic N) is 1. The first-order chi connectivity index (χ1) is 14.0. The number of carbonyl (C=O) groups is 1. The maximum absolute atomic E-state index is 14.1. The largest absolute Gasteiger partial charge is 0.486 e. The molecule has 3 aromatic rings. The van der Waals surface area contributed by atoms with Crippen LogP contribution >= 0.6 is 11.6 Å². The summed E-state index contributed by atoms with van der Waals surface area (Å²) in [4.78, 5) is 25.4. The standard InChI is InChI=1S/C21H16ClFN2O4/c22-16-4-1-5-17(23)15(16)12-25-8-2-3-14(21(25)27)20(26)24-13-6-7-18-19(11-13)29-10-9-28-18/h1-8,11H,9-10,12H2,(H,24,26). The maximum atomic E-state index is 14.1. The van der Waals surface area contributed by atoms with Crippen LogP contribution < -0.4 is 20.3 Å². The molecule has 1 amide bonds. The molecule has 0 saturated heterocycles. The first-order valence-electron chi connectivity index (χ1n) is 8.86. The Balaban J connectivity index is 1.58. The number of aromatic nitrogens is 1. The molecule has 1 aromatic heterocycles. The van der Waals surface area contributed by atoms with Gasteiger partial charge in [-0.25, -0.2) is 4.39 Å². The molecule has 0 unspecified atom stereocenters. The normalized spacial score (nSPS) is 12.5. The van der Waals surface area contributed by atoms with E-state index in [0.29, 0.717) is 30.4 Å². The van der Waals surface area contributed by atoms with Crippen LogP contribution in [0.2, 0.25) is 5.02 Å². The van der Waals surface area contributed by atoms with Gasteiger partial charge in [0.15, 0.2) is 11.5 Å². The van der Waals surface area contributed by atoms with Crippen molar-refractivity contribution in [2.45, 2.75) is 6.54 Å². The zero-order chi connectivity index (χ0) is 20.4. The molecule has 4 rings (SSSR count). The molecule has 2 heterocycles. The predicted octanol–water partition coefficient (Wildman–Crippen LogP) is 3.71. The van der Waals surface area contributed by atoms with Gasteiger partial charge in [-0.3, -0.25) is 9.59 Å². The average Bonchev–Trinajstić information content (AvgIpc) is 2.72. The highest BCUT2D eigenvalue weighted by atomic mass is 35.5. The van der Waals surface area contributed by atoms with E-state index in [4.69, 9.17) is 21.1 Å². The summed E-state index contributed by atoms with van der Waals surface area (Å²) in [7, 11) is 0. The summed E-state index contributed by atoms with van der Waals surface area (Å²) in [5, 5.41) is 2.89. The van der Waals surface area contributed by atoms with E-state index in [0.717, 1.165) is 0 Å². The van der Waals surface area contributed by atoms with Gasteiger partial charge in [-0.05, 0) is 36.4 Å². The smallest absolute Gasteiger partial charge is 0.263 e. The zero-order valence-electron chi connectivity index (χ0n) is 15.2. The number of hydrogen-bond acceptors (Lipinski definition) is 4. The molecule has 0 fully saturated rings. The van der Waals surface area contributed by atoms with Gasteiger partial charge in [0.25, 0.3) is 11.5 Å². The van der Waals surface area contributed by atoms with Crippen LogP contribution in [-0.4, -0.2) is 23.7 Å². The molecule has 1 aliphatic heterocycles. The third kappa shape index (κ3) is 3.95. The summed E-state index contributed by atoms with van der Waals surface area (Å²) in [6.07, 6.45) is 1.48. The lowest BCUT2D eigenvalue weighted by Crippen LogP contribution is -2.29. The molecule has 0 atom stereocenters. The number of benzene rings is 2. The van der Waals surface area contributed by atoms with Crippen molar-refractivity contribution in [3.63, 3.8) is 0 Å². The molecule has 0 radical (unpaired) electrons. The summed E-state index contributed by atoms with van der Waals surface area (Å²) in [6.45, 7) is 0.802. The van der Waals surface area contributed by atoms with E-state index < -0.39 is 17.3 Å². The summed E-state index contributed by atoms with van der Waals surface area (Å²) in [6, 6.07) is 12.2. The molecule has 1 N–H and O–H groups in total. The molecule has 1 aliphatic rings. The zero-order valence-corrected chi connectivity index (χ0v) is 15.9. The summed E-state index contributed by atoms with van der Waals surface area (Å²) in [5.74, 6) is 0.0167. The van der Waals surface area contributed by atoms with E-state index in [1.54, 1.807) is 30.3 Å². The predicted molar refractivity (Wildman–Crippen MR) is 107 cm³/mol. The van der Waals surface area contributed by atoms with Crippen molar-refractivity contribution in [3.05, 3.63) is 87.0 Å². The van der Waals surface area contributed by atoms with Crippen LogP contribution in [0.15, 0.2) is 59.5 Å². The molecule has 148 valence electrons. The Morgan fingerprint density at radius 3 is 2.69 bits per heavy atom. The number of hydrogen-bond donors (Lipinski definition) is 1. The molecule has 8 heteroatoms.